The van der Waals surface area contributed by atoms with Crippen LogP contribution in [0.5, 0.6) is 0 Å². The molecule has 0 saturated carbocycles. The fraction of sp³-hybridized carbons (Fsp3) is 0.414. The van der Waals surface area contributed by atoms with Crippen molar-refractivity contribution in [2.24, 2.45) is 11.8 Å². The zero-order chi connectivity index (χ0) is 25.8. The molecule has 1 heterocycles. The molecule has 2 amide bonds. The van der Waals surface area contributed by atoms with Gasteiger partial charge in [-0.15, -0.1) is 0 Å². The van der Waals surface area contributed by atoms with Gasteiger partial charge in [-0.3, -0.25) is 14.4 Å². The van der Waals surface area contributed by atoms with Crippen LogP contribution < -0.4 is 10.6 Å². The molecule has 3 N–H and O–H groups in total. The van der Waals surface area contributed by atoms with Gasteiger partial charge in [-0.05, 0) is 43.7 Å². The van der Waals surface area contributed by atoms with Gasteiger partial charge in [-0.1, -0.05) is 72.8 Å². The maximum absolute atomic E-state index is 13.3. The summed E-state index contributed by atoms with van der Waals surface area (Å²) in [6, 6.07) is 18.3. The standard InChI is InChI=1S/C29H36N2O5/c1-21(19-32)30-27(33)18-24-15-9-4-10-16-25(17-22-11-5-2-6-12-22)29(35)36-20-26(31-28(24)34)23-13-7-3-8-14-23/h2-9,11-14,21,24-26,32H,10,15-20H2,1H3,(H,30,33)(H,31,34)/t21-,24+,25+,26+/m0/s1. The van der Waals surface area contributed by atoms with E-state index in [1.165, 1.54) is 0 Å². The van der Waals surface area contributed by atoms with Gasteiger partial charge in [0.25, 0.3) is 0 Å². The summed E-state index contributed by atoms with van der Waals surface area (Å²) in [4.78, 5) is 38.8. The third-order valence-corrected chi connectivity index (χ3v) is 6.32. The monoisotopic (exact) mass is 492 g/mol. The summed E-state index contributed by atoms with van der Waals surface area (Å²) in [5, 5.41) is 14.9. The van der Waals surface area contributed by atoms with Crippen molar-refractivity contribution < 1.29 is 24.2 Å². The van der Waals surface area contributed by atoms with E-state index in [2.05, 4.69) is 10.6 Å². The number of allylic oxidation sites excluding steroid dienone is 2. The molecule has 0 radical (unpaired) electrons. The number of nitrogens with one attached hydrogen (secondary N) is 2. The Bertz CT molecular complexity index is 1010. The van der Waals surface area contributed by atoms with E-state index in [9.17, 15) is 19.5 Å². The second-order valence-corrected chi connectivity index (χ2v) is 9.33. The first-order chi connectivity index (χ1) is 17.5. The third-order valence-electron chi connectivity index (χ3n) is 6.32. The Morgan fingerprint density at radius 1 is 1.06 bits per heavy atom. The molecular formula is C29H36N2O5. The lowest BCUT2D eigenvalue weighted by atomic mass is 9.94. The number of rotatable bonds is 7. The first kappa shape index (κ1) is 27.1. The molecule has 2 aromatic carbocycles. The predicted molar refractivity (Wildman–Crippen MR) is 138 cm³/mol. The number of hydrogen-bond donors (Lipinski definition) is 3. The quantitative estimate of drug-likeness (QED) is 0.405. The minimum Gasteiger partial charge on any atom is -0.463 e. The van der Waals surface area contributed by atoms with Crippen LogP contribution >= 0.6 is 0 Å². The molecule has 0 unspecified atom stereocenters. The van der Waals surface area contributed by atoms with E-state index >= 15 is 0 Å². The Morgan fingerprint density at radius 2 is 1.75 bits per heavy atom. The molecule has 0 bridgehead atoms. The number of amides is 2. The maximum Gasteiger partial charge on any atom is 0.309 e. The van der Waals surface area contributed by atoms with Crippen molar-refractivity contribution in [1.82, 2.24) is 10.6 Å². The third kappa shape index (κ3) is 8.64. The zero-order valence-corrected chi connectivity index (χ0v) is 20.8. The van der Waals surface area contributed by atoms with Gasteiger partial charge in [0.1, 0.15) is 6.61 Å². The molecule has 1 aliphatic heterocycles. The fourth-order valence-corrected chi connectivity index (χ4v) is 4.24. The van der Waals surface area contributed by atoms with E-state index < -0.39 is 12.0 Å². The summed E-state index contributed by atoms with van der Waals surface area (Å²) in [5.41, 5.74) is 1.89. The molecular weight excluding hydrogens is 456 g/mol. The second-order valence-electron chi connectivity index (χ2n) is 9.33. The minimum atomic E-state index is -0.588. The van der Waals surface area contributed by atoms with Crippen LogP contribution in [0.25, 0.3) is 0 Å². The highest BCUT2D eigenvalue weighted by molar-refractivity contribution is 5.86. The number of benzene rings is 2. The van der Waals surface area contributed by atoms with Crippen LogP contribution in [0.1, 0.15) is 49.8 Å². The molecule has 7 nitrogen and oxygen atoms in total. The molecule has 192 valence electrons. The SMILES string of the molecule is C[C@@H](CO)NC(=O)C[C@H]1CC=CCC[C@H](Cc2ccccc2)C(=O)OC[C@H](c2ccccc2)NC1=O. The van der Waals surface area contributed by atoms with Crippen molar-refractivity contribution in [2.45, 2.75) is 51.1 Å². The van der Waals surface area contributed by atoms with Crippen LogP contribution in [0, 0.1) is 11.8 Å². The minimum absolute atomic E-state index is 0.00154. The van der Waals surface area contributed by atoms with Crippen molar-refractivity contribution in [2.75, 3.05) is 13.2 Å². The molecule has 2 aromatic rings. The van der Waals surface area contributed by atoms with Gasteiger partial charge in [0.05, 0.1) is 24.5 Å². The normalized spacial score (nSPS) is 22.2. The Morgan fingerprint density at radius 3 is 2.44 bits per heavy atom. The second kappa shape index (κ2) is 14.2. The van der Waals surface area contributed by atoms with Crippen LogP contribution in [0.2, 0.25) is 0 Å². The fourth-order valence-electron chi connectivity index (χ4n) is 4.24. The number of aliphatic hydroxyl groups excluding tert-OH is 1. The van der Waals surface area contributed by atoms with E-state index in [-0.39, 0.29) is 49.4 Å². The summed E-state index contributed by atoms with van der Waals surface area (Å²) < 4.78 is 5.75. The zero-order valence-electron chi connectivity index (χ0n) is 20.8. The van der Waals surface area contributed by atoms with Crippen molar-refractivity contribution in [3.63, 3.8) is 0 Å². The van der Waals surface area contributed by atoms with E-state index in [1.54, 1.807) is 6.92 Å². The Kier molecular flexibility index (Phi) is 10.7. The first-order valence-corrected chi connectivity index (χ1v) is 12.6. The summed E-state index contributed by atoms with van der Waals surface area (Å²) >= 11 is 0. The summed E-state index contributed by atoms with van der Waals surface area (Å²) in [5.74, 6) is -1.74. The highest BCUT2D eigenvalue weighted by Gasteiger charge is 2.27. The highest BCUT2D eigenvalue weighted by atomic mass is 16.5. The molecule has 0 spiro atoms. The van der Waals surface area contributed by atoms with Crippen molar-refractivity contribution >= 4 is 17.8 Å². The number of cyclic esters (lactones) is 1. The maximum atomic E-state index is 13.3. The van der Waals surface area contributed by atoms with Crippen molar-refractivity contribution in [1.29, 1.82) is 0 Å². The number of ether oxygens (including phenoxy) is 1. The van der Waals surface area contributed by atoms with Gasteiger partial charge in [0.2, 0.25) is 11.8 Å². The topological polar surface area (TPSA) is 105 Å². The van der Waals surface area contributed by atoms with E-state index in [0.29, 0.717) is 25.7 Å². The summed E-state index contributed by atoms with van der Waals surface area (Å²) in [6.45, 7) is 1.54. The molecule has 4 atom stereocenters. The highest BCUT2D eigenvalue weighted by Crippen LogP contribution is 2.22. The Balaban J connectivity index is 1.80. The lowest BCUT2D eigenvalue weighted by Gasteiger charge is -2.24. The lowest BCUT2D eigenvalue weighted by Crippen LogP contribution is -2.41. The van der Waals surface area contributed by atoms with E-state index in [1.807, 2.05) is 72.8 Å². The van der Waals surface area contributed by atoms with Gasteiger partial charge in [-0.25, -0.2) is 0 Å². The van der Waals surface area contributed by atoms with Crippen LogP contribution in [0.4, 0.5) is 0 Å². The van der Waals surface area contributed by atoms with Crippen molar-refractivity contribution in [3.05, 3.63) is 83.9 Å². The number of carbonyl (C=O) groups excluding carboxylic acids is 3. The first-order valence-electron chi connectivity index (χ1n) is 12.6. The van der Waals surface area contributed by atoms with Crippen LogP contribution in [0.15, 0.2) is 72.8 Å². The van der Waals surface area contributed by atoms with Gasteiger partial charge < -0.3 is 20.5 Å². The molecule has 36 heavy (non-hydrogen) atoms. The Hall–Kier alpha value is -3.45. The molecule has 0 saturated heterocycles. The van der Waals surface area contributed by atoms with E-state index in [0.717, 1.165) is 11.1 Å². The van der Waals surface area contributed by atoms with Crippen LogP contribution in [-0.4, -0.2) is 42.1 Å². The lowest BCUT2D eigenvalue weighted by molar-refractivity contribution is -0.150. The molecule has 0 aromatic heterocycles. The molecule has 3 rings (SSSR count). The largest absolute Gasteiger partial charge is 0.463 e. The van der Waals surface area contributed by atoms with E-state index in [4.69, 9.17) is 4.74 Å². The smallest absolute Gasteiger partial charge is 0.309 e. The molecule has 0 fully saturated rings. The Labute approximate surface area is 212 Å². The molecule has 1 aliphatic rings. The van der Waals surface area contributed by atoms with Crippen LogP contribution in [-0.2, 0) is 25.5 Å². The van der Waals surface area contributed by atoms with Crippen LogP contribution in [0.3, 0.4) is 0 Å². The predicted octanol–water partition coefficient (Wildman–Crippen LogP) is 3.49. The van der Waals surface area contributed by atoms with Crippen molar-refractivity contribution in [3.8, 4) is 0 Å². The van der Waals surface area contributed by atoms with Gasteiger partial charge in [-0.2, -0.15) is 0 Å². The molecule has 0 aliphatic carbocycles. The van der Waals surface area contributed by atoms with Gasteiger partial charge >= 0.3 is 5.97 Å². The molecule has 7 heteroatoms. The summed E-state index contributed by atoms with van der Waals surface area (Å²) in [6.07, 6.45) is 6.14. The number of aliphatic hydroxyl groups is 1. The number of esters is 1. The summed E-state index contributed by atoms with van der Waals surface area (Å²) in [7, 11) is 0. The van der Waals surface area contributed by atoms with Gasteiger partial charge in [0.15, 0.2) is 0 Å². The van der Waals surface area contributed by atoms with Gasteiger partial charge in [0, 0.05) is 12.5 Å². The number of carbonyl (C=O) groups is 3. The average molecular weight is 493 g/mol. The average Bonchev–Trinajstić information content (AvgIpc) is 2.90. The number of hydrogen-bond acceptors (Lipinski definition) is 5.